The van der Waals surface area contributed by atoms with Gasteiger partial charge in [0, 0.05) is 6.20 Å². The van der Waals surface area contributed by atoms with Gasteiger partial charge < -0.3 is 4.74 Å². The largest absolute Gasteiger partial charge is 0.482 e. The number of nitrogens with zero attached hydrogens (tertiary/aromatic N) is 3. The Morgan fingerprint density at radius 3 is 2.78 bits per heavy atom. The van der Waals surface area contributed by atoms with Crippen molar-refractivity contribution in [3.8, 4) is 5.75 Å². The zero-order valence-electron chi connectivity index (χ0n) is 9.45. The van der Waals surface area contributed by atoms with Crippen molar-refractivity contribution in [3.63, 3.8) is 0 Å². The lowest BCUT2D eigenvalue weighted by atomic mass is 10.3. The van der Waals surface area contributed by atoms with Crippen molar-refractivity contribution < 1.29 is 9.13 Å². The molecule has 3 aromatic rings. The molecular weight excluding hydrogens is 233 g/mol. The Morgan fingerprint density at radius 2 is 1.94 bits per heavy atom. The first-order valence-electron chi connectivity index (χ1n) is 5.50. The van der Waals surface area contributed by atoms with Gasteiger partial charge in [-0.2, -0.15) is 0 Å². The van der Waals surface area contributed by atoms with E-state index >= 15 is 0 Å². The summed E-state index contributed by atoms with van der Waals surface area (Å²) in [4.78, 5) is 4.26. The number of ether oxygens (including phenoxy) is 1. The monoisotopic (exact) mass is 243 g/mol. The molecule has 0 bridgehead atoms. The van der Waals surface area contributed by atoms with Crippen LogP contribution in [-0.4, -0.2) is 14.6 Å². The highest BCUT2D eigenvalue weighted by atomic mass is 19.1. The molecule has 0 radical (unpaired) electrons. The molecule has 0 aliphatic heterocycles. The first-order valence-corrected chi connectivity index (χ1v) is 5.50. The van der Waals surface area contributed by atoms with Gasteiger partial charge in [-0.15, -0.1) is 5.10 Å². The van der Waals surface area contributed by atoms with Crippen LogP contribution in [0.1, 0.15) is 5.82 Å². The minimum atomic E-state index is -0.388. The molecular formula is C13H10FN3O. The Bertz CT molecular complexity index is 648. The summed E-state index contributed by atoms with van der Waals surface area (Å²) >= 11 is 0. The minimum Gasteiger partial charge on any atom is -0.482 e. The van der Waals surface area contributed by atoms with E-state index in [0.717, 1.165) is 5.65 Å². The average Bonchev–Trinajstić information content (AvgIpc) is 2.80. The molecule has 0 saturated heterocycles. The number of para-hydroxylation sites is 1. The molecule has 0 N–H and O–H groups in total. The normalized spacial score (nSPS) is 10.7. The fraction of sp³-hybridized carbons (Fsp3) is 0.0769. The Balaban J connectivity index is 1.79. The molecule has 3 rings (SSSR count). The molecule has 2 heterocycles. The van der Waals surface area contributed by atoms with Gasteiger partial charge in [0.25, 0.3) is 0 Å². The zero-order valence-corrected chi connectivity index (χ0v) is 9.45. The van der Waals surface area contributed by atoms with Crippen LogP contribution in [0.25, 0.3) is 5.65 Å². The number of halogens is 1. The summed E-state index contributed by atoms with van der Waals surface area (Å²) in [7, 11) is 0. The van der Waals surface area contributed by atoms with Crippen molar-refractivity contribution in [2.75, 3.05) is 0 Å². The molecule has 18 heavy (non-hydrogen) atoms. The van der Waals surface area contributed by atoms with E-state index in [1.165, 1.54) is 6.07 Å². The maximum atomic E-state index is 13.3. The summed E-state index contributed by atoms with van der Waals surface area (Å²) in [6.07, 6.45) is 1.80. The van der Waals surface area contributed by atoms with Gasteiger partial charge in [-0.3, -0.25) is 0 Å². The molecule has 4 nitrogen and oxygen atoms in total. The van der Waals surface area contributed by atoms with Crippen molar-refractivity contribution >= 4 is 5.65 Å². The second-order valence-corrected chi connectivity index (χ2v) is 3.75. The van der Waals surface area contributed by atoms with Gasteiger partial charge in [-0.1, -0.05) is 18.2 Å². The van der Waals surface area contributed by atoms with E-state index in [1.54, 1.807) is 28.9 Å². The van der Waals surface area contributed by atoms with Gasteiger partial charge in [0.15, 0.2) is 23.0 Å². The second-order valence-electron chi connectivity index (χ2n) is 3.75. The average molecular weight is 243 g/mol. The van der Waals surface area contributed by atoms with Crippen molar-refractivity contribution in [1.82, 2.24) is 14.6 Å². The van der Waals surface area contributed by atoms with E-state index in [2.05, 4.69) is 10.1 Å². The fourth-order valence-corrected chi connectivity index (χ4v) is 1.64. The molecule has 0 unspecified atom stereocenters. The fourth-order valence-electron chi connectivity index (χ4n) is 1.64. The van der Waals surface area contributed by atoms with Crippen molar-refractivity contribution in [2.45, 2.75) is 6.61 Å². The molecule has 0 amide bonds. The number of rotatable bonds is 3. The number of fused-ring (bicyclic) bond motifs is 1. The maximum Gasteiger partial charge on any atom is 0.189 e. The highest BCUT2D eigenvalue weighted by Gasteiger charge is 2.06. The molecule has 1 aromatic carbocycles. The highest BCUT2D eigenvalue weighted by molar-refractivity contribution is 5.36. The molecule has 0 spiro atoms. The first kappa shape index (κ1) is 10.7. The Kier molecular flexibility index (Phi) is 2.64. The summed E-state index contributed by atoms with van der Waals surface area (Å²) in [5.41, 5.74) is 0.740. The van der Waals surface area contributed by atoms with Crippen LogP contribution >= 0.6 is 0 Å². The number of pyridine rings is 1. The van der Waals surface area contributed by atoms with Gasteiger partial charge in [0.05, 0.1) is 0 Å². The van der Waals surface area contributed by atoms with Crippen LogP contribution in [0.3, 0.4) is 0 Å². The molecule has 5 heteroatoms. The zero-order chi connectivity index (χ0) is 12.4. The molecule has 0 atom stereocenters. The SMILES string of the molecule is Fc1ccccc1OCc1nc2ccccn2n1. The lowest BCUT2D eigenvalue weighted by molar-refractivity contribution is 0.281. The quantitative estimate of drug-likeness (QED) is 0.709. The van der Waals surface area contributed by atoms with Crippen LogP contribution in [0.15, 0.2) is 48.7 Å². The minimum absolute atomic E-state index is 0.141. The lowest BCUT2D eigenvalue weighted by Crippen LogP contribution is -1.99. The summed E-state index contributed by atoms with van der Waals surface area (Å²) in [5.74, 6) is 0.335. The van der Waals surface area contributed by atoms with Crippen molar-refractivity contribution in [3.05, 3.63) is 60.3 Å². The third-order valence-corrected chi connectivity index (χ3v) is 2.48. The van der Waals surface area contributed by atoms with E-state index < -0.39 is 0 Å². The van der Waals surface area contributed by atoms with Gasteiger partial charge in [-0.25, -0.2) is 13.9 Å². The third-order valence-electron chi connectivity index (χ3n) is 2.48. The van der Waals surface area contributed by atoms with Crippen LogP contribution in [0.4, 0.5) is 4.39 Å². The Morgan fingerprint density at radius 1 is 1.11 bits per heavy atom. The molecule has 0 saturated carbocycles. The number of benzene rings is 1. The summed E-state index contributed by atoms with van der Waals surface area (Å²) < 4.78 is 20.3. The lowest BCUT2D eigenvalue weighted by Gasteiger charge is -2.03. The third kappa shape index (κ3) is 2.02. The Labute approximate surface area is 103 Å². The van der Waals surface area contributed by atoms with Gasteiger partial charge >= 0.3 is 0 Å². The van der Waals surface area contributed by atoms with Gasteiger partial charge in [-0.05, 0) is 24.3 Å². The van der Waals surface area contributed by atoms with Gasteiger partial charge in [0.2, 0.25) is 0 Å². The van der Waals surface area contributed by atoms with E-state index in [1.807, 2.05) is 18.2 Å². The Hall–Kier alpha value is -2.43. The first-order chi connectivity index (χ1) is 8.83. The molecule has 90 valence electrons. The predicted molar refractivity (Wildman–Crippen MR) is 63.7 cm³/mol. The van der Waals surface area contributed by atoms with Crippen LogP contribution in [0.5, 0.6) is 5.75 Å². The molecule has 0 fully saturated rings. The number of hydrogen-bond acceptors (Lipinski definition) is 3. The predicted octanol–water partition coefficient (Wildman–Crippen LogP) is 2.45. The van der Waals surface area contributed by atoms with Crippen LogP contribution in [0.2, 0.25) is 0 Å². The van der Waals surface area contributed by atoms with Crippen molar-refractivity contribution in [1.29, 1.82) is 0 Å². The maximum absolute atomic E-state index is 13.3. The molecule has 2 aromatic heterocycles. The smallest absolute Gasteiger partial charge is 0.189 e. The van der Waals surface area contributed by atoms with E-state index in [0.29, 0.717) is 5.82 Å². The summed E-state index contributed by atoms with van der Waals surface area (Å²) in [5, 5.41) is 4.22. The molecule has 0 aliphatic rings. The van der Waals surface area contributed by atoms with Crippen LogP contribution < -0.4 is 4.74 Å². The van der Waals surface area contributed by atoms with E-state index in [9.17, 15) is 4.39 Å². The standard InChI is InChI=1S/C13H10FN3O/c14-10-5-1-2-6-11(10)18-9-12-15-13-7-3-4-8-17(13)16-12/h1-8H,9H2. The van der Waals surface area contributed by atoms with Crippen molar-refractivity contribution in [2.24, 2.45) is 0 Å². The van der Waals surface area contributed by atoms with Crippen LogP contribution in [0, 0.1) is 5.82 Å². The summed E-state index contributed by atoms with van der Waals surface area (Å²) in [6.45, 7) is 0.141. The second kappa shape index (κ2) is 4.44. The molecule has 0 aliphatic carbocycles. The van der Waals surface area contributed by atoms with E-state index in [4.69, 9.17) is 4.74 Å². The summed E-state index contributed by atoms with van der Waals surface area (Å²) in [6, 6.07) is 11.9. The topological polar surface area (TPSA) is 39.4 Å². The number of aromatic nitrogens is 3. The highest BCUT2D eigenvalue weighted by Crippen LogP contribution is 2.16. The van der Waals surface area contributed by atoms with Crippen LogP contribution in [-0.2, 0) is 6.61 Å². The number of hydrogen-bond donors (Lipinski definition) is 0. The van der Waals surface area contributed by atoms with E-state index in [-0.39, 0.29) is 18.2 Å². The van der Waals surface area contributed by atoms with Gasteiger partial charge in [0.1, 0.15) is 6.61 Å².